The third-order valence-electron chi connectivity index (χ3n) is 4.75. The maximum Gasteiger partial charge on any atom is 0.194 e. The molecule has 1 heterocycles. The van der Waals surface area contributed by atoms with Crippen molar-refractivity contribution in [2.45, 2.75) is 12.5 Å². The van der Waals surface area contributed by atoms with Crippen molar-refractivity contribution >= 4 is 28.7 Å². The predicted molar refractivity (Wildman–Crippen MR) is 118 cm³/mol. The second-order valence-electron chi connectivity index (χ2n) is 6.55. The molecule has 0 amide bonds. The molecule has 0 unspecified atom stereocenters. The van der Waals surface area contributed by atoms with Crippen LogP contribution in [0.5, 0.6) is 5.75 Å². The molecule has 0 fully saturated rings. The van der Waals surface area contributed by atoms with Crippen LogP contribution in [0.1, 0.15) is 23.6 Å². The first kappa shape index (κ1) is 18.2. The third kappa shape index (κ3) is 3.89. The number of thiocarbonyl (C=S) groups is 1. The van der Waals surface area contributed by atoms with Gasteiger partial charge in [-0.3, -0.25) is 0 Å². The van der Waals surface area contributed by atoms with E-state index < -0.39 is 0 Å². The highest BCUT2D eigenvalue weighted by Crippen LogP contribution is 2.34. The lowest BCUT2D eigenvalue weighted by Crippen LogP contribution is -2.31. The molecular weight excluding hydrogens is 366 g/mol. The van der Waals surface area contributed by atoms with Crippen LogP contribution in [0.25, 0.3) is 0 Å². The summed E-state index contributed by atoms with van der Waals surface area (Å²) < 4.78 is 5.30. The summed E-state index contributed by atoms with van der Waals surface area (Å²) in [4.78, 5) is 0. The lowest BCUT2D eigenvalue weighted by molar-refractivity contribution is 0.374. The molecule has 1 aliphatic rings. The zero-order valence-electron chi connectivity index (χ0n) is 15.6. The summed E-state index contributed by atoms with van der Waals surface area (Å²) in [5, 5.41) is 10.7. The van der Waals surface area contributed by atoms with E-state index in [1.165, 1.54) is 0 Å². The monoisotopic (exact) mass is 387 g/mol. The molecule has 4 nitrogen and oxygen atoms in total. The molecule has 0 radical (unpaired) electrons. The van der Waals surface area contributed by atoms with E-state index in [9.17, 15) is 0 Å². The summed E-state index contributed by atoms with van der Waals surface area (Å²) in [7, 11) is 1.67. The smallest absolute Gasteiger partial charge is 0.194 e. The van der Waals surface area contributed by atoms with E-state index >= 15 is 0 Å². The Balaban J connectivity index is 1.64. The van der Waals surface area contributed by atoms with Crippen LogP contribution >= 0.6 is 12.2 Å². The summed E-state index contributed by atoms with van der Waals surface area (Å²) in [6.07, 6.45) is 0.785. The van der Waals surface area contributed by atoms with Crippen molar-refractivity contribution in [3.05, 3.63) is 96.1 Å². The fourth-order valence-corrected chi connectivity index (χ4v) is 3.58. The Labute approximate surface area is 170 Å². The molecule has 140 valence electrons. The number of hydrogen-bond acceptors (Lipinski definition) is 3. The summed E-state index contributed by atoms with van der Waals surface area (Å²) in [6.45, 7) is 0. The van der Waals surface area contributed by atoms with Crippen molar-refractivity contribution in [2.75, 3.05) is 12.4 Å². The molecule has 1 aliphatic heterocycles. The number of nitrogens with zero attached hydrogens (tertiary/aromatic N) is 2. The van der Waals surface area contributed by atoms with Gasteiger partial charge in [0.1, 0.15) is 5.75 Å². The predicted octanol–water partition coefficient (Wildman–Crippen LogP) is 5.24. The van der Waals surface area contributed by atoms with E-state index in [0.717, 1.165) is 34.7 Å². The number of ether oxygens (including phenoxy) is 1. The van der Waals surface area contributed by atoms with Crippen molar-refractivity contribution in [2.24, 2.45) is 5.10 Å². The number of hydrazone groups is 1. The molecule has 3 aromatic rings. The number of anilines is 1. The lowest BCUT2D eigenvalue weighted by atomic mass is 9.98. The number of methoxy groups -OCH3 is 1. The topological polar surface area (TPSA) is 36.9 Å². The van der Waals surface area contributed by atoms with E-state index in [4.69, 9.17) is 22.1 Å². The normalized spacial score (nSPS) is 15.8. The second-order valence-corrected chi connectivity index (χ2v) is 6.93. The Morgan fingerprint density at radius 2 is 1.61 bits per heavy atom. The number of rotatable bonds is 4. The van der Waals surface area contributed by atoms with E-state index in [2.05, 4.69) is 29.6 Å². The molecule has 0 bridgehead atoms. The molecule has 1 N–H and O–H groups in total. The minimum absolute atomic E-state index is 0.0322. The highest BCUT2D eigenvalue weighted by Gasteiger charge is 2.31. The molecule has 5 heteroatoms. The molecule has 0 aromatic heterocycles. The number of nitrogens with one attached hydrogen (secondary N) is 1. The summed E-state index contributed by atoms with van der Waals surface area (Å²) in [5.41, 5.74) is 4.24. The van der Waals surface area contributed by atoms with Crippen LogP contribution in [0.15, 0.2) is 90.0 Å². The van der Waals surface area contributed by atoms with Crippen molar-refractivity contribution in [1.29, 1.82) is 0 Å². The standard InChI is InChI=1S/C23H21N3OS/c1-27-20-14-12-18(13-15-20)22-16-21(17-8-4-2-5-9-17)25-26(22)23(28)24-19-10-6-3-7-11-19/h2-15,22H,16H2,1H3,(H,24,28)/t22-/m1/s1. The first-order chi connectivity index (χ1) is 13.7. The van der Waals surface area contributed by atoms with Gasteiger partial charge in [0.25, 0.3) is 0 Å². The van der Waals surface area contributed by atoms with Crippen LogP contribution in [0.2, 0.25) is 0 Å². The van der Waals surface area contributed by atoms with Gasteiger partial charge in [0, 0.05) is 12.1 Å². The van der Waals surface area contributed by atoms with E-state index in [-0.39, 0.29) is 6.04 Å². The average molecular weight is 388 g/mol. The quantitative estimate of drug-likeness (QED) is 0.621. The van der Waals surface area contributed by atoms with Gasteiger partial charge < -0.3 is 10.1 Å². The molecule has 0 saturated heterocycles. The zero-order chi connectivity index (χ0) is 19.3. The van der Waals surface area contributed by atoms with E-state index in [1.807, 2.05) is 65.7 Å². The van der Waals surface area contributed by atoms with E-state index in [1.54, 1.807) is 7.11 Å². The Kier molecular flexibility index (Phi) is 5.35. The van der Waals surface area contributed by atoms with Gasteiger partial charge in [0.05, 0.1) is 18.9 Å². The lowest BCUT2D eigenvalue weighted by Gasteiger charge is -2.25. The minimum Gasteiger partial charge on any atom is -0.497 e. The van der Waals surface area contributed by atoms with Gasteiger partial charge in [0.2, 0.25) is 0 Å². The Hall–Kier alpha value is -3.18. The molecule has 1 atom stereocenters. The Bertz CT molecular complexity index is 972. The minimum atomic E-state index is 0.0322. The first-order valence-electron chi connectivity index (χ1n) is 9.17. The van der Waals surface area contributed by atoms with Gasteiger partial charge in [0.15, 0.2) is 5.11 Å². The van der Waals surface area contributed by atoms with Crippen LogP contribution in [-0.4, -0.2) is 22.9 Å². The van der Waals surface area contributed by atoms with Gasteiger partial charge in [-0.25, -0.2) is 5.01 Å². The van der Waals surface area contributed by atoms with Crippen LogP contribution in [0.3, 0.4) is 0 Å². The van der Waals surface area contributed by atoms with Crippen molar-refractivity contribution in [3.63, 3.8) is 0 Å². The largest absolute Gasteiger partial charge is 0.497 e. The Morgan fingerprint density at radius 1 is 0.964 bits per heavy atom. The van der Waals surface area contributed by atoms with Crippen LogP contribution in [-0.2, 0) is 0 Å². The first-order valence-corrected chi connectivity index (χ1v) is 9.57. The van der Waals surface area contributed by atoms with Gasteiger partial charge in [-0.2, -0.15) is 5.10 Å². The highest BCUT2D eigenvalue weighted by molar-refractivity contribution is 7.80. The molecule has 28 heavy (non-hydrogen) atoms. The van der Waals surface area contributed by atoms with Crippen LogP contribution < -0.4 is 10.1 Å². The van der Waals surface area contributed by atoms with Crippen molar-refractivity contribution < 1.29 is 4.74 Å². The van der Waals surface area contributed by atoms with Crippen molar-refractivity contribution in [3.8, 4) is 5.75 Å². The average Bonchev–Trinajstić information content (AvgIpc) is 3.21. The number of para-hydroxylation sites is 1. The van der Waals surface area contributed by atoms with Gasteiger partial charge in [-0.1, -0.05) is 60.7 Å². The molecule has 3 aromatic carbocycles. The fraction of sp³-hybridized carbons (Fsp3) is 0.130. The molecular formula is C23H21N3OS. The Morgan fingerprint density at radius 3 is 2.25 bits per heavy atom. The third-order valence-corrected chi connectivity index (χ3v) is 5.04. The number of hydrogen-bond donors (Lipinski definition) is 1. The molecule has 0 spiro atoms. The zero-order valence-corrected chi connectivity index (χ0v) is 16.4. The summed E-state index contributed by atoms with van der Waals surface area (Å²) in [6, 6.07) is 28.3. The maximum absolute atomic E-state index is 5.71. The SMILES string of the molecule is COc1ccc([C@H]2CC(c3ccccc3)=NN2C(=S)Nc2ccccc2)cc1. The molecule has 4 rings (SSSR count). The van der Waals surface area contributed by atoms with Crippen LogP contribution in [0, 0.1) is 0 Å². The highest BCUT2D eigenvalue weighted by atomic mass is 32.1. The molecule has 0 aliphatic carbocycles. The number of benzene rings is 3. The fourth-order valence-electron chi connectivity index (χ4n) is 3.29. The molecule has 0 saturated carbocycles. The van der Waals surface area contributed by atoms with Gasteiger partial charge in [-0.15, -0.1) is 0 Å². The summed E-state index contributed by atoms with van der Waals surface area (Å²) in [5.74, 6) is 0.836. The van der Waals surface area contributed by atoms with Gasteiger partial charge in [-0.05, 0) is 47.6 Å². The summed E-state index contributed by atoms with van der Waals surface area (Å²) >= 11 is 5.71. The van der Waals surface area contributed by atoms with E-state index in [0.29, 0.717) is 5.11 Å². The van der Waals surface area contributed by atoms with Gasteiger partial charge >= 0.3 is 0 Å². The van der Waals surface area contributed by atoms with Crippen LogP contribution in [0.4, 0.5) is 5.69 Å². The van der Waals surface area contributed by atoms with Crippen molar-refractivity contribution in [1.82, 2.24) is 5.01 Å². The maximum atomic E-state index is 5.71. The second kappa shape index (κ2) is 8.23.